The Morgan fingerprint density at radius 1 is 1.03 bits per heavy atom. The van der Waals surface area contributed by atoms with Crippen LogP contribution in [0, 0.1) is 0 Å². The summed E-state index contributed by atoms with van der Waals surface area (Å²) in [6.07, 6.45) is 3.14. The SMILES string of the molecule is CCN(CC)C(CNC(=O)CNC(=O)/C=C/c1ccccc1)c1cccc(OC)c1. The number of benzene rings is 2. The summed E-state index contributed by atoms with van der Waals surface area (Å²) >= 11 is 0. The van der Waals surface area contributed by atoms with Crippen LogP contribution in [0.3, 0.4) is 0 Å². The first-order valence-electron chi connectivity index (χ1n) is 10.2. The van der Waals surface area contributed by atoms with Gasteiger partial charge in [-0.2, -0.15) is 0 Å². The smallest absolute Gasteiger partial charge is 0.244 e. The van der Waals surface area contributed by atoms with Gasteiger partial charge in [-0.1, -0.05) is 56.3 Å². The highest BCUT2D eigenvalue weighted by atomic mass is 16.5. The van der Waals surface area contributed by atoms with Crippen LogP contribution in [0.5, 0.6) is 5.75 Å². The molecule has 160 valence electrons. The second-order valence-corrected chi connectivity index (χ2v) is 6.78. The molecule has 1 atom stereocenters. The summed E-state index contributed by atoms with van der Waals surface area (Å²) in [7, 11) is 1.64. The quantitative estimate of drug-likeness (QED) is 0.560. The maximum Gasteiger partial charge on any atom is 0.244 e. The molecular weight excluding hydrogens is 378 g/mol. The van der Waals surface area contributed by atoms with Crippen molar-refractivity contribution < 1.29 is 14.3 Å². The number of rotatable bonds is 11. The highest BCUT2D eigenvalue weighted by Gasteiger charge is 2.19. The third-order valence-corrected chi connectivity index (χ3v) is 4.87. The molecule has 0 fully saturated rings. The summed E-state index contributed by atoms with van der Waals surface area (Å²) in [6.45, 7) is 6.28. The molecule has 2 aromatic rings. The number of likely N-dealkylation sites (N-methyl/N-ethyl adjacent to an activating group) is 1. The van der Waals surface area contributed by atoms with Crippen LogP contribution < -0.4 is 15.4 Å². The standard InChI is InChI=1S/C24H31N3O3/c1-4-27(5-2)22(20-12-9-13-21(16-20)30-3)17-25-24(29)18-26-23(28)15-14-19-10-7-6-8-11-19/h6-16,22H,4-5,17-18H2,1-3H3,(H,25,29)(H,26,28)/b15-14+. The summed E-state index contributed by atoms with van der Waals surface area (Å²) in [5, 5.41) is 5.56. The fourth-order valence-electron chi connectivity index (χ4n) is 3.21. The fraction of sp³-hybridized carbons (Fsp3) is 0.333. The lowest BCUT2D eigenvalue weighted by Gasteiger charge is -2.30. The Labute approximate surface area is 178 Å². The molecular formula is C24H31N3O3. The molecule has 0 aliphatic heterocycles. The summed E-state index contributed by atoms with van der Waals surface area (Å²) in [5.41, 5.74) is 2.01. The number of hydrogen-bond donors (Lipinski definition) is 2. The van der Waals surface area contributed by atoms with Crippen molar-refractivity contribution in [3.05, 3.63) is 71.8 Å². The minimum absolute atomic E-state index is 0.0210. The molecule has 0 spiro atoms. The molecule has 2 N–H and O–H groups in total. The molecule has 2 rings (SSSR count). The maximum absolute atomic E-state index is 12.3. The van der Waals surface area contributed by atoms with Gasteiger partial charge in [0.25, 0.3) is 0 Å². The fourth-order valence-corrected chi connectivity index (χ4v) is 3.21. The Balaban J connectivity index is 1.90. The number of hydrogen-bond acceptors (Lipinski definition) is 4. The minimum Gasteiger partial charge on any atom is -0.497 e. The predicted octanol–water partition coefficient (Wildman–Crippen LogP) is 3.02. The number of carbonyl (C=O) groups excluding carboxylic acids is 2. The Hall–Kier alpha value is -3.12. The van der Waals surface area contributed by atoms with Gasteiger partial charge >= 0.3 is 0 Å². The highest BCUT2D eigenvalue weighted by molar-refractivity contribution is 5.94. The molecule has 0 saturated heterocycles. The second-order valence-electron chi connectivity index (χ2n) is 6.78. The van der Waals surface area contributed by atoms with Crippen molar-refractivity contribution in [3.63, 3.8) is 0 Å². The van der Waals surface area contributed by atoms with Crippen molar-refractivity contribution in [2.75, 3.05) is 33.3 Å². The third kappa shape index (κ3) is 7.37. The van der Waals surface area contributed by atoms with Crippen LogP contribution in [0.2, 0.25) is 0 Å². The van der Waals surface area contributed by atoms with Crippen molar-refractivity contribution in [1.82, 2.24) is 15.5 Å². The second kappa shape index (κ2) is 12.4. The Bertz CT molecular complexity index is 833. The van der Waals surface area contributed by atoms with Crippen LogP contribution >= 0.6 is 0 Å². The van der Waals surface area contributed by atoms with Crippen molar-refractivity contribution >= 4 is 17.9 Å². The van der Waals surface area contributed by atoms with Crippen LogP contribution in [-0.4, -0.2) is 50.0 Å². The van der Waals surface area contributed by atoms with Gasteiger partial charge in [-0.05, 0) is 42.4 Å². The molecule has 2 aromatic carbocycles. The molecule has 2 amide bonds. The van der Waals surface area contributed by atoms with E-state index in [0.29, 0.717) is 6.54 Å². The van der Waals surface area contributed by atoms with E-state index in [2.05, 4.69) is 29.4 Å². The third-order valence-electron chi connectivity index (χ3n) is 4.87. The van der Waals surface area contributed by atoms with Crippen LogP contribution in [-0.2, 0) is 9.59 Å². The van der Waals surface area contributed by atoms with Gasteiger partial charge in [-0.15, -0.1) is 0 Å². The van der Waals surface area contributed by atoms with Crippen LogP contribution in [0.25, 0.3) is 6.08 Å². The van der Waals surface area contributed by atoms with Crippen LogP contribution in [0.15, 0.2) is 60.7 Å². The van der Waals surface area contributed by atoms with E-state index < -0.39 is 0 Å². The number of nitrogens with zero attached hydrogens (tertiary/aromatic N) is 1. The van der Waals surface area contributed by atoms with E-state index >= 15 is 0 Å². The molecule has 0 bridgehead atoms. The van der Waals surface area contributed by atoms with E-state index in [1.165, 1.54) is 6.08 Å². The molecule has 0 radical (unpaired) electrons. The normalized spacial score (nSPS) is 12.0. The lowest BCUT2D eigenvalue weighted by molar-refractivity contribution is -0.124. The highest BCUT2D eigenvalue weighted by Crippen LogP contribution is 2.23. The summed E-state index contributed by atoms with van der Waals surface area (Å²) in [6, 6.07) is 17.4. The van der Waals surface area contributed by atoms with E-state index in [4.69, 9.17) is 4.74 Å². The maximum atomic E-state index is 12.3. The number of nitrogens with one attached hydrogen (secondary N) is 2. The van der Waals surface area contributed by atoms with Gasteiger partial charge in [0.1, 0.15) is 5.75 Å². The van der Waals surface area contributed by atoms with Crippen LogP contribution in [0.1, 0.15) is 31.0 Å². The average molecular weight is 410 g/mol. The van der Waals surface area contributed by atoms with Crippen molar-refractivity contribution in [3.8, 4) is 5.75 Å². The average Bonchev–Trinajstić information content (AvgIpc) is 2.79. The van der Waals surface area contributed by atoms with Gasteiger partial charge in [0, 0.05) is 12.6 Å². The van der Waals surface area contributed by atoms with Crippen LogP contribution in [0.4, 0.5) is 0 Å². The lowest BCUT2D eigenvalue weighted by atomic mass is 10.0. The molecule has 30 heavy (non-hydrogen) atoms. The van der Waals surface area contributed by atoms with Gasteiger partial charge in [-0.3, -0.25) is 14.5 Å². The molecule has 0 heterocycles. The predicted molar refractivity (Wildman–Crippen MR) is 120 cm³/mol. The Morgan fingerprint density at radius 3 is 2.43 bits per heavy atom. The molecule has 6 nitrogen and oxygen atoms in total. The summed E-state index contributed by atoms with van der Waals surface area (Å²) in [4.78, 5) is 26.5. The first-order chi connectivity index (χ1) is 14.6. The van der Waals surface area contributed by atoms with Crippen molar-refractivity contribution in [1.29, 1.82) is 0 Å². The first kappa shape index (κ1) is 23.2. The lowest BCUT2D eigenvalue weighted by Crippen LogP contribution is -2.41. The topological polar surface area (TPSA) is 70.7 Å². The van der Waals surface area contributed by atoms with E-state index in [1.807, 2.05) is 54.6 Å². The molecule has 0 aromatic heterocycles. The summed E-state index contributed by atoms with van der Waals surface area (Å²) in [5.74, 6) is 0.257. The molecule has 6 heteroatoms. The van der Waals surface area contributed by atoms with Crippen molar-refractivity contribution in [2.24, 2.45) is 0 Å². The Kier molecular flexibility index (Phi) is 9.61. The van der Waals surface area contributed by atoms with Gasteiger partial charge in [0.05, 0.1) is 19.7 Å². The summed E-state index contributed by atoms with van der Waals surface area (Å²) < 4.78 is 5.34. The van der Waals surface area contributed by atoms with Gasteiger partial charge in [0.2, 0.25) is 11.8 Å². The zero-order chi connectivity index (χ0) is 21.8. The van der Waals surface area contributed by atoms with Gasteiger partial charge < -0.3 is 15.4 Å². The van der Waals surface area contributed by atoms with Crippen molar-refractivity contribution in [2.45, 2.75) is 19.9 Å². The minimum atomic E-state index is -0.304. The van der Waals surface area contributed by atoms with E-state index in [0.717, 1.165) is 30.0 Å². The number of carbonyl (C=O) groups is 2. The molecule has 0 saturated carbocycles. The first-order valence-corrected chi connectivity index (χ1v) is 10.2. The van der Waals surface area contributed by atoms with E-state index in [-0.39, 0.29) is 24.4 Å². The monoisotopic (exact) mass is 409 g/mol. The number of ether oxygens (including phenoxy) is 1. The zero-order valence-electron chi connectivity index (χ0n) is 17.9. The Morgan fingerprint density at radius 2 is 1.77 bits per heavy atom. The van der Waals surface area contributed by atoms with Gasteiger partial charge in [0.15, 0.2) is 0 Å². The molecule has 0 aliphatic rings. The zero-order valence-corrected chi connectivity index (χ0v) is 17.9. The van der Waals surface area contributed by atoms with E-state index in [1.54, 1.807) is 13.2 Å². The largest absolute Gasteiger partial charge is 0.497 e. The van der Waals surface area contributed by atoms with Gasteiger partial charge in [-0.25, -0.2) is 0 Å². The molecule has 0 aliphatic carbocycles. The van der Waals surface area contributed by atoms with E-state index in [9.17, 15) is 9.59 Å². The molecule has 1 unspecified atom stereocenters. The number of methoxy groups -OCH3 is 1. The number of amides is 2.